The van der Waals surface area contributed by atoms with E-state index in [1.165, 1.54) is 24.0 Å². The Bertz CT molecular complexity index is 1140. The van der Waals surface area contributed by atoms with E-state index in [1.54, 1.807) is 20.1 Å². The molecule has 0 fully saturated rings. The Balaban J connectivity index is 0.00000162. The summed E-state index contributed by atoms with van der Waals surface area (Å²) >= 11 is 0. The van der Waals surface area contributed by atoms with Crippen LogP contribution in [0.3, 0.4) is 0 Å². The van der Waals surface area contributed by atoms with E-state index in [0.29, 0.717) is 28.3 Å². The molecule has 0 saturated carbocycles. The number of aliphatic hydroxyl groups is 1. The number of aromatic nitrogens is 1. The number of nitrogens with zero attached hydrogens (tertiary/aromatic N) is 1. The Hall–Kier alpha value is -3.50. The Labute approximate surface area is 237 Å². The van der Waals surface area contributed by atoms with Crippen LogP contribution < -0.4 is 4.74 Å². The quantitative estimate of drug-likeness (QED) is 0.279. The second-order valence-corrected chi connectivity index (χ2v) is 8.45. The lowest BCUT2D eigenvalue weighted by atomic mass is 9.96. The first-order chi connectivity index (χ1) is 18.9. The summed E-state index contributed by atoms with van der Waals surface area (Å²) in [7, 11) is 2.57. The molecule has 2 aromatic carbocycles. The van der Waals surface area contributed by atoms with Crippen molar-refractivity contribution in [2.45, 2.75) is 74.1 Å². The molecule has 0 bridgehead atoms. The minimum atomic E-state index is -0.0788. The van der Waals surface area contributed by atoms with Gasteiger partial charge in [-0.25, -0.2) is 4.98 Å². The monoisotopic (exact) mass is 531 g/mol. The first kappa shape index (κ1) is 35.5. The second-order valence-electron chi connectivity index (χ2n) is 8.45. The van der Waals surface area contributed by atoms with Crippen molar-refractivity contribution in [1.82, 2.24) is 4.98 Å². The van der Waals surface area contributed by atoms with Crippen LogP contribution in [-0.4, -0.2) is 30.1 Å². The molecule has 3 rings (SSSR count). The van der Waals surface area contributed by atoms with Gasteiger partial charge in [0.1, 0.15) is 5.69 Å². The predicted octanol–water partition coefficient (Wildman–Crippen LogP) is 9.70. The van der Waals surface area contributed by atoms with Crippen LogP contribution in [0.15, 0.2) is 61.2 Å². The highest BCUT2D eigenvalue weighted by Crippen LogP contribution is 2.37. The van der Waals surface area contributed by atoms with Gasteiger partial charge in [-0.15, -0.1) is 0 Å². The first-order valence-corrected chi connectivity index (χ1v) is 14.0. The van der Waals surface area contributed by atoms with Crippen LogP contribution in [0.1, 0.15) is 94.9 Å². The standard InChI is InChI=1S/C28H29NO2.C4H10.C2H6.CH4O/c1-6-9-20-11-13-21(14-12-20)22-15-17-23(18-16-22)27-28(31-5)26(19(4)30)24(8-3)25(29-27)10-7-2;1-3-4-2;2*1-2/h7-8,10-18H,3,6,9H2,1-2,4-5H3;3-4H2,1-2H3;1-2H3;2H,1H3/b10-7-;;;. The van der Waals surface area contributed by atoms with Gasteiger partial charge in [0.25, 0.3) is 0 Å². The number of allylic oxidation sites excluding steroid dienone is 1. The van der Waals surface area contributed by atoms with Gasteiger partial charge in [0, 0.05) is 18.2 Å². The van der Waals surface area contributed by atoms with Gasteiger partial charge in [0.15, 0.2) is 11.5 Å². The molecule has 0 aliphatic rings. The molecule has 39 heavy (non-hydrogen) atoms. The molecule has 0 amide bonds. The molecule has 1 N–H and O–H groups in total. The van der Waals surface area contributed by atoms with Crippen molar-refractivity contribution in [3.8, 4) is 28.1 Å². The van der Waals surface area contributed by atoms with Crippen LogP contribution in [0.5, 0.6) is 5.75 Å². The number of methoxy groups -OCH3 is 1. The van der Waals surface area contributed by atoms with E-state index in [2.05, 4.69) is 63.7 Å². The molecular weight excluding hydrogens is 482 g/mol. The summed E-state index contributed by atoms with van der Waals surface area (Å²) in [6, 6.07) is 16.9. The zero-order valence-corrected chi connectivity index (χ0v) is 25.6. The molecule has 4 heteroatoms. The molecule has 0 unspecified atom stereocenters. The van der Waals surface area contributed by atoms with Crippen molar-refractivity contribution in [2.75, 3.05) is 14.2 Å². The third-order valence-corrected chi connectivity index (χ3v) is 5.79. The van der Waals surface area contributed by atoms with Crippen LogP contribution in [0.25, 0.3) is 34.5 Å². The summed E-state index contributed by atoms with van der Waals surface area (Å²) in [4.78, 5) is 17.3. The Morgan fingerprint density at radius 1 is 0.897 bits per heavy atom. The maximum atomic E-state index is 12.5. The lowest BCUT2D eigenvalue weighted by molar-refractivity contribution is 0.101. The number of Topliss-reactive ketones (excluding diaryl/α,β-unsaturated/α-hetero) is 1. The fraction of sp³-hybridized carbons (Fsp3) is 0.371. The molecule has 0 radical (unpaired) electrons. The highest BCUT2D eigenvalue weighted by Gasteiger charge is 2.22. The Morgan fingerprint density at radius 3 is 1.77 bits per heavy atom. The van der Waals surface area contributed by atoms with E-state index in [-0.39, 0.29) is 5.78 Å². The molecular formula is C35H49NO3. The van der Waals surface area contributed by atoms with E-state index in [1.807, 2.05) is 45.1 Å². The van der Waals surface area contributed by atoms with Gasteiger partial charge in [-0.2, -0.15) is 0 Å². The maximum Gasteiger partial charge on any atom is 0.164 e. The van der Waals surface area contributed by atoms with Gasteiger partial charge < -0.3 is 9.84 Å². The normalized spacial score (nSPS) is 9.79. The van der Waals surface area contributed by atoms with E-state index < -0.39 is 0 Å². The van der Waals surface area contributed by atoms with Crippen LogP contribution in [0.2, 0.25) is 0 Å². The molecule has 3 aromatic rings. The predicted molar refractivity (Wildman–Crippen MR) is 171 cm³/mol. The molecule has 0 aliphatic carbocycles. The molecule has 4 nitrogen and oxygen atoms in total. The fourth-order valence-electron chi connectivity index (χ4n) is 3.81. The number of aliphatic hydroxyl groups excluding tert-OH is 1. The van der Waals surface area contributed by atoms with Crippen molar-refractivity contribution >= 4 is 17.9 Å². The molecule has 1 aromatic heterocycles. The van der Waals surface area contributed by atoms with E-state index in [0.717, 1.165) is 31.1 Å². The highest BCUT2D eigenvalue weighted by molar-refractivity contribution is 6.03. The first-order valence-electron chi connectivity index (χ1n) is 14.0. The lowest BCUT2D eigenvalue weighted by Gasteiger charge is -2.17. The van der Waals surface area contributed by atoms with E-state index >= 15 is 0 Å². The van der Waals surface area contributed by atoms with Crippen molar-refractivity contribution < 1.29 is 14.6 Å². The molecule has 0 spiro atoms. The lowest BCUT2D eigenvalue weighted by Crippen LogP contribution is -2.07. The van der Waals surface area contributed by atoms with Crippen molar-refractivity contribution in [3.05, 3.63) is 83.6 Å². The van der Waals surface area contributed by atoms with E-state index in [9.17, 15) is 4.79 Å². The van der Waals surface area contributed by atoms with Crippen LogP contribution >= 0.6 is 0 Å². The van der Waals surface area contributed by atoms with Gasteiger partial charge in [-0.3, -0.25) is 4.79 Å². The molecule has 0 aliphatic heterocycles. The number of rotatable bonds is 9. The minimum Gasteiger partial charge on any atom is -0.494 e. The topological polar surface area (TPSA) is 59.4 Å². The molecule has 0 saturated heterocycles. The average Bonchev–Trinajstić information content (AvgIpc) is 2.99. The average molecular weight is 532 g/mol. The second kappa shape index (κ2) is 20.5. The number of unbranched alkanes of at least 4 members (excludes halogenated alkanes) is 1. The number of ketones is 1. The number of benzene rings is 2. The summed E-state index contributed by atoms with van der Waals surface area (Å²) in [5.74, 6) is 0.400. The van der Waals surface area contributed by atoms with Crippen molar-refractivity contribution in [1.29, 1.82) is 0 Å². The van der Waals surface area contributed by atoms with Crippen molar-refractivity contribution in [3.63, 3.8) is 0 Å². The van der Waals surface area contributed by atoms with E-state index in [4.69, 9.17) is 14.8 Å². The van der Waals surface area contributed by atoms with Gasteiger partial charge in [-0.05, 0) is 43.0 Å². The SMILES string of the molecule is C=Cc1c(/C=C\C)nc(-c2ccc(-c3ccc(CCC)cc3)cc2)c(OC)c1C(C)=O.CC.CCCC.CO. The largest absolute Gasteiger partial charge is 0.494 e. The van der Waals surface area contributed by atoms with Crippen LogP contribution in [0, 0.1) is 0 Å². The third-order valence-electron chi connectivity index (χ3n) is 5.79. The Kier molecular flexibility index (Phi) is 18.6. The highest BCUT2D eigenvalue weighted by atomic mass is 16.5. The van der Waals surface area contributed by atoms with Gasteiger partial charge >= 0.3 is 0 Å². The minimum absolute atomic E-state index is 0.0788. The smallest absolute Gasteiger partial charge is 0.164 e. The van der Waals surface area contributed by atoms with Crippen LogP contribution in [-0.2, 0) is 6.42 Å². The molecule has 1 heterocycles. The maximum absolute atomic E-state index is 12.5. The fourth-order valence-corrected chi connectivity index (χ4v) is 3.81. The number of carbonyl (C=O) groups is 1. The summed E-state index contributed by atoms with van der Waals surface area (Å²) < 4.78 is 5.66. The van der Waals surface area contributed by atoms with Gasteiger partial charge in [-0.1, -0.05) is 121 Å². The zero-order chi connectivity index (χ0) is 29.8. The summed E-state index contributed by atoms with van der Waals surface area (Å²) in [5.41, 5.74) is 7.10. The number of ether oxygens (including phenoxy) is 1. The Morgan fingerprint density at radius 2 is 1.38 bits per heavy atom. The van der Waals surface area contributed by atoms with Gasteiger partial charge in [0.05, 0.1) is 18.4 Å². The molecule has 0 atom stereocenters. The van der Waals surface area contributed by atoms with Crippen molar-refractivity contribution in [2.24, 2.45) is 0 Å². The number of carbonyl (C=O) groups excluding carboxylic acids is 1. The molecule has 212 valence electrons. The summed E-state index contributed by atoms with van der Waals surface area (Å²) in [5, 5.41) is 7.00. The number of hydrogen-bond donors (Lipinski definition) is 1. The number of pyridine rings is 1. The number of hydrogen-bond acceptors (Lipinski definition) is 4. The zero-order valence-electron chi connectivity index (χ0n) is 25.6. The number of aryl methyl sites for hydroxylation is 1. The van der Waals surface area contributed by atoms with Gasteiger partial charge in [0.2, 0.25) is 0 Å². The van der Waals surface area contributed by atoms with Crippen LogP contribution in [0.4, 0.5) is 0 Å². The summed E-state index contributed by atoms with van der Waals surface area (Å²) in [6.07, 6.45) is 10.3. The summed E-state index contributed by atoms with van der Waals surface area (Å²) in [6.45, 7) is 17.9. The third kappa shape index (κ3) is 10.3.